The third kappa shape index (κ3) is 3.67. The number of nitrogens with zero attached hydrogens (tertiary/aromatic N) is 4. The van der Waals surface area contributed by atoms with E-state index < -0.39 is 0 Å². The second-order valence-electron chi connectivity index (χ2n) is 6.74. The van der Waals surface area contributed by atoms with Crippen molar-refractivity contribution in [2.24, 2.45) is 0 Å². The van der Waals surface area contributed by atoms with Crippen LogP contribution in [0, 0.1) is 6.92 Å². The molecule has 0 unspecified atom stereocenters. The highest BCUT2D eigenvalue weighted by atomic mass is 16.2. The lowest BCUT2D eigenvalue weighted by atomic mass is 10.1. The Kier molecular flexibility index (Phi) is 4.58. The van der Waals surface area contributed by atoms with Crippen LogP contribution in [0.3, 0.4) is 0 Å². The van der Waals surface area contributed by atoms with Crippen molar-refractivity contribution in [1.29, 1.82) is 0 Å². The summed E-state index contributed by atoms with van der Waals surface area (Å²) in [6, 6.07) is 11.2. The van der Waals surface area contributed by atoms with Gasteiger partial charge in [-0.3, -0.25) is 14.6 Å². The maximum Gasteiger partial charge on any atom is 0.272 e. The summed E-state index contributed by atoms with van der Waals surface area (Å²) in [7, 11) is 0. The highest BCUT2D eigenvalue weighted by molar-refractivity contribution is 5.92. The number of pyridine rings is 1. The first-order valence-corrected chi connectivity index (χ1v) is 9.03. The molecule has 7 nitrogen and oxygen atoms in total. The number of amides is 2. The fourth-order valence-corrected chi connectivity index (χ4v) is 3.39. The SMILES string of the molecule is Cc1nc2ccc(CC(=O)N3CCN(C(=O)c4ccccn4)CC3)cc2[nH]1. The summed E-state index contributed by atoms with van der Waals surface area (Å²) < 4.78 is 0. The molecule has 4 rings (SSSR count). The Labute approximate surface area is 157 Å². The molecule has 0 saturated carbocycles. The van der Waals surface area contributed by atoms with Crippen molar-refractivity contribution in [2.75, 3.05) is 26.2 Å². The summed E-state index contributed by atoms with van der Waals surface area (Å²) in [5, 5.41) is 0. The van der Waals surface area contributed by atoms with E-state index in [1.807, 2.05) is 30.0 Å². The summed E-state index contributed by atoms with van der Waals surface area (Å²) in [6.07, 6.45) is 1.97. The number of H-pyrrole nitrogens is 1. The first-order chi connectivity index (χ1) is 13.1. The Hall–Kier alpha value is -3.22. The number of fused-ring (bicyclic) bond motifs is 1. The molecule has 0 atom stereocenters. The largest absolute Gasteiger partial charge is 0.342 e. The number of aromatic amines is 1. The van der Waals surface area contributed by atoms with Gasteiger partial charge >= 0.3 is 0 Å². The van der Waals surface area contributed by atoms with Crippen LogP contribution in [0.15, 0.2) is 42.6 Å². The number of imidazole rings is 1. The summed E-state index contributed by atoms with van der Waals surface area (Å²) in [4.78, 5) is 40.4. The van der Waals surface area contributed by atoms with E-state index in [9.17, 15) is 9.59 Å². The van der Waals surface area contributed by atoms with E-state index in [-0.39, 0.29) is 11.8 Å². The first kappa shape index (κ1) is 17.2. The lowest BCUT2D eigenvalue weighted by Gasteiger charge is -2.34. The normalized spacial score (nSPS) is 14.6. The quantitative estimate of drug-likeness (QED) is 0.769. The second-order valence-corrected chi connectivity index (χ2v) is 6.74. The number of aryl methyl sites for hydroxylation is 1. The molecule has 0 bridgehead atoms. The van der Waals surface area contributed by atoms with Crippen LogP contribution in [-0.2, 0) is 11.2 Å². The standard InChI is InChI=1S/C20H21N5O2/c1-14-22-16-6-5-15(12-18(16)23-14)13-19(26)24-8-10-25(11-9-24)20(27)17-4-2-3-7-21-17/h2-7,12H,8-11,13H2,1H3,(H,22,23). The van der Waals surface area contributed by atoms with Gasteiger partial charge in [0.15, 0.2) is 0 Å². The minimum Gasteiger partial charge on any atom is -0.342 e. The maximum absolute atomic E-state index is 12.6. The van der Waals surface area contributed by atoms with Crippen LogP contribution in [0.2, 0.25) is 0 Å². The van der Waals surface area contributed by atoms with Crippen LogP contribution in [-0.4, -0.2) is 62.7 Å². The van der Waals surface area contributed by atoms with Crippen molar-refractivity contribution in [3.63, 3.8) is 0 Å². The molecule has 0 spiro atoms. The van der Waals surface area contributed by atoms with E-state index in [4.69, 9.17) is 0 Å². The molecule has 1 N–H and O–H groups in total. The van der Waals surface area contributed by atoms with Gasteiger partial charge in [0.25, 0.3) is 5.91 Å². The molecule has 1 fully saturated rings. The third-order valence-electron chi connectivity index (χ3n) is 4.82. The highest BCUT2D eigenvalue weighted by Gasteiger charge is 2.25. The number of benzene rings is 1. The number of aromatic nitrogens is 3. The molecule has 138 valence electrons. The minimum absolute atomic E-state index is 0.0792. The number of hydrogen-bond acceptors (Lipinski definition) is 4. The smallest absolute Gasteiger partial charge is 0.272 e. The Bertz CT molecular complexity index is 974. The van der Waals surface area contributed by atoms with Crippen LogP contribution < -0.4 is 0 Å². The summed E-state index contributed by atoms with van der Waals surface area (Å²) >= 11 is 0. The number of carbonyl (C=O) groups excluding carboxylic acids is 2. The van der Waals surface area contributed by atoms with Gasteiger partial charge in [0, 0.05) is 32.4 Å². The van der Waals surface area contributed by atoms with Crippen molar-refractivity contribution in [2.45, 2.75) is 13.3 Å². The van der Waals surface area contributed by atoms with Crippen molar-refractivity contribution in [3.05, 3.63) is 59.7 Å². The molecule has 0 aliphatic carbocycles. The van der Waals surface area contributed by atoms with Crippen LogP contribution in [0.4, 0.5) is 0 Å². The van der Waals surface area contributed by atoms with E-state index in [0.29, 0.717) is 38.3 Å². The zero-order valence-electron chi connectivity index (χ0n) is 15.2. The van der Waals surface area contributed by atoms with Gasteiger partial charge < -0.3 is 14.8 Å². The van der Waals surface area contributed by atoms with E-state index in [1.54, 1.807) is 29.3 Å². The van der Waals surface area contributed by atoms with E-state index in [1.165, 1.54) is 0 Å². The molecule has 1 aromatic carbocycles. The Morgan fingerprint density at radius 1 is 1.07 bits per heavy atom. The molecular weight excluding hydrogens is 342 g/mol. The van der Waals surface area contributed by atoms with Gasteiger partial charge in [0.1, 0.15) is 11.5 Å². The minimum atomic E-state index is -0.0808. The van der Waals surface area contributed by atoms with E-state index in [2.05, 4.69) is 15.0 Å². The number of rotatable bonds is 3. The van der Waals surface area contributed by atoms with Crippen LogP contribution >= 0.6 is 0 Å². The Balaban J connectivity index is 1.36. The average Bonchev–Trinajstić information content (AvgIpc) is 3.07. The molecule has 2 aromatic heterocycles. The Morgan fingerprint density at radius 3 is 2.59 bits per heavy atom. The fourth-order valence-electron chi connectivity index (χ4n) is 3.39. The van der Waals surface area contributed by atoms with E-state index in [0.717, 1.165) is 22.4 Å². The maximum atomic E-state index is 12.6. The molecule has 1 aliphatic rings. The highest BCUT2D eigenvalue weighted by Crippen LogP contribution is 2.15. The summed E-state index contributed by atoms with van der Waals surface area (Å²) in [5.41, 5.74) is 3.26. The fraction of sp³-hybridized carbons (Fsp3) is 0.300. The topological polar surface area (TPSA) is 82.2 Å². The van der Waals surface area contributed by atoms with Crippen molar-refractivity contribution in [3.8, 4) is 0 Å². The number of hydrogen-bond donors (Lipinski definition) is 1. The molecular formula is C20H21N5O2. The number of nitrogens with one attached hydrogen (secondary N) is 1. The summed E-state index contributed by atoms with van der Waals surface area (Å²) in [5.74, 6) is 0.862. The summed E-state index contributed by atoms with van der Waals surface area (Å²) in [6.45, 7) is 4.06. The molecule has 0 radical (unpaired) electrons. The van der Waals surface area contributed by atoms with Crippen LogP contribution in [0.25, 0.3) is 11.0 Å². The van der Waals surface area contributed by atoms with Crippen molar-refractivity contribution < 1.29 is 9.59 Å². The van der Waals surface area contributed by atoms with Crippen LogP contribution in [0.1, 0.15) is 21.9 Å². The zero-order valence-corrected chi connectivity index (χ0v) is 15.2. The molecule has 1 aliphatic heterocycles. The zero-order chi connectivity index (χ0) is 18.8. The Morgan fingerprint density at radius 2 is 1.85 bits per heavy atom. The average molecular weight is 363 g/mol. The van der Waals surface area contributed by atoms with Gasteiger partial charge in [-0.25, -0.2) is 4.98 Å². The lowest BCUT2D eigenvalue weighted by Crippen LogP contribution is -2.51. The lowest BCUT2D eigenvalue weighted by molar-refractivity contribution is -0.131. The molecule has 3 aromatic rings. The van der Waals surface area contributed by atoms with Gasteiger partial charge in [-0.05, 0) is 36.8 Å². The molecule has 2 amide bonds. The predicted octanol–water partition coefficient (Wildman–Crippen LogP) is 1.79. The van der Waals surface area contributed by atoms with Gasteiger partial charge in [-0.2, -0.15) is 0 Å². The second kappa shape index (κ2) is 7.19. The number of piperazine rings is 1. The van der Waals surface area contributed by atoms with Crippen molar-refractivity contribution in [1.82, 2.24) is 24.8 Å². The molecule has 7 heteroatoms. The molecule has 1 saturated heterocycles. The van der Waals surface area contributed by atoms with Crippen molar-refractivity contribution >= 4 is 22.8 Å². The first-order valence-electron chi connectivity index (χ1n) is 9.03. The van der Waals surface area contributed by atoms with Crippen LogP contribution in [0.5, 0.6) is 0 Å². The molecule has 3 heterocycles. The van der Waals surface area contributed by atoms with Gasteiger partial charge in [-0.15, -0.1) is 0 Å². The number of carbonyl (C=O) groups is 2. The monoisotopic (exact) mass is 363 g/mol. The third-order valence-corrected chi connectivity index (χ3v) is 4.82. The van der Waals surface area contributed by atoms with Gasteiger partial charge in [-0.1, -0.05) is 12.1 Å². The van der Waals surface area contributed by atoms with Gasteiger partial charge in [0.2, 0.25) is 5.91 Å². The van der Waals surface area contributed by atoms with Gasteiger partial charge in [0.05, 0.1) is 17.5 Å². The van der Waals surface area contributed by atoms with E-state index >= 15 is 0 Å². The molecule has 27 heavy (non-hydrogen) atoms. The predicted molar refractivity (Wildman–Crippen MR) is 101 cm³/mol.